The number of allylic oxidation sites excluding steroid dienone is 2. The van der Waals surface area contributed by atoms with E-state index in [9.17, 15) is 18.0 Å². The van der Waals surface area contributed by atoms with Gasteiger partial charge in [0.15, 0.2) is 0 Å². The fraction of sp³-hybridized carbons (Fsp3) is 0.500. The number of ketones is 1. The highest BCUT2D eigenvalue weighted by molar-refractivity contribution is 6.11. The molecule has 1 fully saturated rings. The number of aromatic nitrogens is 1. The fourth-order valence-electron chi connectivity index (χ4n) is 3.59. The molecule has 3 rings (SSSR count). The van der Waals surface area contributed by atoms with Crippen LogP contribution in [0.2, 0.25) is 0 Å². The fourth-order valence-corrected chi connectivity index (χ4v) is 3.59. The molecule has 10 heteroatoms. The first-order valence-electron chi connectivity index (χ1n) is 9.79. The van der Waals surface area contributed by atoms with Gasteiger partial charge in [-0.2, -0.15) is 13.2 Å². The number of ether oxygens (including phenoxy) is 1. The smallest absolute Gasteiger partial charge is 0.418 e. The molecule has 0 bridgehead atoms. The maximum Gasteiger partial charge on any atom is 0.418 e. The molecule has 1 aliphatic heterocycles. The summed E-state index contributed by atoms with van der Waals surface area (Å²) in [6.07, 6.45) is 1.94. The number of pyridine rings is 1. The molecule has 1 saturated carbocycles. The van der Waals surface area contributed by atoms with Gasteiger partial charge in [0.25, 0.3) is 0 Å². The molecule has 164 valence electrons. The normalized spacial score (nSPS) is 20.8. The van der Waals surface area contributed by atoms with E-state index in [1.165, 1.54) is 6.08 Å². The lowest BCUT2D eigenvalue weighted by molar-refractivity contribution is -0.138. The Labute approximate surface area is 172 Å². The third-order valence-corrected chi connectivity index (χ3v) is 5.18. The lowest BCUT2D eigenvalue weighted by Gasteiger charge is -2.24. The monoisotopic (exact) mass is 425 g/mol. The lowest BCUT2D eigenvalue weighted by atomic mass is 10.00. The summed E-state index contributed by atoms with van der Waals surface area (Å²) in [6.45, 7) is 1.97. The van der Waals surface area contributed by atoms with E-state index in [1.807, 2.05) is 6.92 Å². The van der Waals surface area contributed by atoms with Gasteiger partial charge in [0.05, 0.1) is 16.7 Å². The number of nitrogens with zero attached hydrogens (tertiary/aromatic N) is 1. The molecule has 0 saturated heterocycles. The number of nitrogens with two attached hydrogens (primary N) is 1. The van der Waals surface area contributed by atoms with Crippen molar-refractivity contribution in [3.05, 3.63) is 46.9 Å². The third kappa shape index (κ3) is 4.93. The molecule has 0 aromatic carbocycles. The minimum atomic E-state index is -4.74. The van der Waals surface area contributed by atoms with Crippen molar-refractivity contribution in [2.75, 3.05) is 13.7 Å². The van der Waals surface area contributed by atoms with Crippen molar-refractivity contribution in [3.63, 3.8) is 0 Å². The number of hydrogen-bond acceptors (Lipinski definition) is 7. The molecule has 1 aromatic rings. The Kier molecular flexibility index (Phi) is 6.37. The van der Waals surface area contributed by atoms with Crippen molar-refractivity contribution in [2.24, 2.45) is 5.73 Å². The van der Waals surface area contributed by atoms with Gasteiger partial charge in [-0.3, -0.25) is 4.79 Å². The molecule has 7 nitrogen and oxygen atoms in total. The second-order valence-electron chi connectivity index (χ2n) is 7.69. The zero-order valence-corrected chi connectivity index (χ0v) is 16.9. The molecular formula is C20H26F3N5O2. The minimum absolute atomic E-state index is 0.0312. The second kappa shape index (κ2) is 8.65. The first kappa shape index (κ1) is 22.1. The summed E-state index contributed by atoms with van der Waals surface area (Å²) in [7, 11) is 1.58. The standard InChI is InChI=1S/C20H26F3N5O2/c1-12-5-6-13(18(26-12)28-25-2)17(29)16-14(20(21,22)23)7-8-15(27-16)30-11-19(24)9-3-4-10-19/h5-8,12,25-26,28H,3-4,9-11,24H2,1-2H3. The molecule has 2 aliphatic rings. The van der Waals surface area contributed by atoms with Crippen LogP contribution in [0.25, 0.3) is 0 Å². The highest BCUT2D eigenvalue weighted by Gasteiger charge is 2.38. The van der Waals surface area contributed by atoms with Crippen molar-refractivity contribution in [1.82, 2.24) is 21.2 Å². The Morgan fingerprint density at radius 1 is 1.37 bits per heavy atom. The van der Waals surface area contributed by atoms with Crippen molar-refractivity contribution in [1.29, 1.82) is 0 Å². The van der Waals surface area contributed by atoms with Gasteiger partial charge in [0, 0.05) is 19.2 Å². The van der Waals surface area contributed by atoms with Crippen molar-refractivity contribution in [3.8, 4) is 5.88 Å². The first-order valence-corrected chi connectivity index (χ1v) is 9.79. The van der Waals surface area contributed by atoms with E-state index in [1.54, 1.807) is 13.1 Å². The van der Waals surface area contributed by atoms with E-state index in [0.717, 1.165) is 37.8 Å². The number of carbonyl (C=O) groups excluding carboxylic acids is 1. The molecule has 5 N–H and O–H groups in total. The number of halogens is 3. The van der Waals surface area contributed by atoms with E-state index >= 15 is 0 Å². The number of nitrogens with one attached hydrogen (secondary N) is 3. The molecule has 1 aliphatic carbocycles. The summed E-state index contributed by atoms with van der Waals surface area (Å²) < 4.78 is 46.3. The maximum absolute atomic E-state index is 13.6. The van der Waals surface area contributed by atoms with E-state index < -0.39 is 28.8 Å². The summed E-state index contributed by atoms with van der Waals surface area (Å²) in [4.78, 5) is 17.0. The van der Waals surface area contributed by atoms with Crippen LogP contribution in [0.15, 0.2) is 35.7 Å². The predicted molar refractivity (Wildman–Crippen MR) is 105 cm³/mol. The molecule has 0 amide bonds. The molecule has 1 unspecified atom stereocenters. The zero-order valence-electron chi connectivity index (χ0n) is 16.9. The summed E-state index contributed by atoms with van der Waals surface area (Å²) >= 11 is 0. The Morgan fingerprint density at radius 3 is 2.70 bits per heavy atom. The topological polar surface area (TPSA) is 101 Å². The molecule has 1 aromatic heterocycles. The highest BCUT2D eigenvalue weighted by atomic mass is 19.4. The number of hydrazine groups is 1. The van der Waals surface area contributed by atoms with E-state index in [4.69, 9.17) is 10.5 Å². The number of alkyl halides is 3. The molecular weight excluding hydrogens is 399 g/mol. The van der Waals surface area contributed by atoms with Crippen LogP contribution in [-0.4, -0.2) is 36.0 Å². The zero-order chi connectivity index (χ0) is 21.9. The average molecular weight is 425 g/mol. The molecule has 1 atom stereocenters. The third-order valence-electron chi connectivity index (χ3n) is 5.18. The van der Waals surface area contributed by atoms with Gasteiger partial charge >= 0.3 is 6.18 Å². The van der Waals surface area contributed by atoms with Gasteiger partial charge < -0.3 is 21.2 Å². The van der Waals surface area contributed by atoms with Crippen molar-refractivity contribution < 1.29 is 22.7 Å². The summed E-state index contributed by atoms with van der Waals surface area (Å²) in [5.41, 5.74) is 9.33. The second-order valence-corrected chi connectivity index (χ2v) is 7.69. The molecule has 0 radical (unpaired) electrons. The van der Waals surface area contributed by atoms with Crippen LogP contribution in [0, 0.1) is 0 Å². The molecule has 30 heavy (non-hydrogen) atoms. The predicted octanol–water partition coefficient (Wildman–Crippen LogP) is 2.42. The van der Waals surface area contributed by atoms with Crippen LogP contribution in [0.3, 0.4) is 0 Å². The number of rotatable bonds is 7. The average Bonchev–Trinajstić information content (AvgIpc) is 3.12. The lowest BCUT2D eigenvalue weighted by Crippen LogP contribution is -2.42. The number of Topliss-reactive ketones (excluding diaryl/α,β-unsaturated/α-hetero) is 1. The number of carbonyl (C=O) groups is 1. The van der Waals surface area contributed by atoms with Crippen LogP contribution < -0.4 is 26.6 Å². The number of dihydropyridines is 1. The Hall–Kier alpha value is -2.59. The Balaban J connectivity index is 1.95. The van der Waals surface area contributed by atoms with Crippen molar-refractivity contribution in [2.45, 2.75) is 50.4 Å². The highest BCUT2D eigenvalue weighted by Crippen LogP contribution is 2.34. The van der Waals surface area contributed by atoms with E-state index in [2.05, 4.69) is 21.2 Å². The van der Waals surface area contributed by atoms with Crippen LogP contribution in [0.4, 0.5) is 13.2 Å². The van der Waals surface area contributed by atoms with Crippen LogP contribution >= 0.6 is 0 Å². The van der Waals surface area contributed by atoms with Crippen LogP contribution in [0.5, 0.6) is 5.88 Å². The number of hydrogen-bond donors (Lipinski definition) is 4. The van der Waals surface area contributed by atoms with Gasteiger partial charge in [0.2, 0.25) is 11.7 Å². The maximum atomic E-state index is 13.6. The summed E-state index contributed by atoms with van der Waals surface area (Å²) in [6, 6.07) is 1.84. The van der Waals surface area contributed by atoms with Gasteiger partial charge in [-0.05, 0) is 31.9 Å². The SMILES string of the molecule is CNNC1=C(C(=O)c2nc(OCC3(N)CCCC3)ccc2C(F)(F)F)C=CC(C)N1. The summed E-state index contributed by atoms with van der Waals surface area (Å²) in [5.74, 6) is -0.664. The van der Waals surface area contributed by atoms with Crippen LogP contribution in [-0.2, 0) is 6.18 Å². The van der Waals surface area contributed by atoms with Gasteiger partial charge in [0.1, 0.15) is 18.1 Å². The molecule has 0 spiro atoms. The van der Waals surface area contributed by atoms with E-state index in [0.29, 0.717) is 0 Å². The first-order chi connectivity index (χ1) is 14.1. The minimum Gasteiger partial charge on any atom is -0.476 e. The van der Waals surface area contributed by atoms with Crippen LogP contribution in [0.1, 0.15) is 48.7 Å². The van der Waals surface area contributed by atoms with E-state index in [-0.39, 0.29) is 29.9 Å². The van der Waals surface area contributed by atoms with Gasteiger partial charge in [-0.15, -0.1) is 0 Å². The van der Waals surface area contributed by atoms with Crippen molar-refractivity contribution >= 4 is 5.78 Å². The van der Waals surface area contributed by atoms with Gasteiger partial charge in [-0.25, -0.2) is 10.4 Å². The summed E-state index contributed by atoms with van der Waals surface area (Å²) in [5, 5.41) is 3.00. The largest absolute Gasteiger partial charge is 0.476 e. The molecule has 2 heterocycles. The quantitative estimate of drug-likeness (QED) is 0.393. The Bertz CT molecular complexity index is 860. The Morgan fingerprint density at radius 2 is 2.07 bits per heavy atom. The van der Waals surface area contributed by atoms with Gasteiger partial charge in [-0.1, -0.05) is 18.9 Å².